The highest BCUT2D eigenvalue weighted by Crippen LogP contribution is 2.38. The molecule has 1 saturated heterocycles. The molecule has 1 aromatic rings. The van der Waals surface area contributed by atoms with Gasteiger partial charge in [-0.3, -0.25) is 4.79 Å². The number of thiophene rings is 1. The molecule has 9 heteroatoms. The number of carbonyl (C=O) groups excluding carboxylic acids is 2. The summed E-state index contributed by atoms with van der Waals surface area (Å²) in [6, 6.07) is 0. The van der Waals surface area contributed by atoms with Gasteiger partial charge in [-0.2, -0.15) is 8.42 Å². The Bertz CT molecular complexity index is 725. The number of carbonyl (C=O) groups is 2. The van der Waals surface area contributed by atoms with E-state index >= 15 is 0 Å². The molecular weight excluding hydrogens is 333 g/mol. The molecule has 6 nitrogen and oxygen atoms in total. The molecule has 0 bridgehead atoms. The molecular formula is C13H16FNO5S2. The van der Waals surface area contributed by atoms with Crippen LogP contribution in [0.25, 0.3) is 0 Å². The minimum absolute atomic E-state index is 0.183. The normalized spacial score (nSPS) is 18.8. The highest BCUT2D eigenvalue weighted by Gasteiger charge is 2.41. The van der Waals surface area contributed by atoms with Crippen molar-refractivity contribution in [3.8, 4) is 0 Å². The van der Waals surface area contributed by atoms with Crippen LogP contribution in [0.1, 0.15) is 34.1 Å². The maximum Gasteiger partial charge on any atom is 0.341 e. The number of ether oxygens (including phenoxy) is 1. The van der Waals surface area contributed by atoms with E-state index in [0.29, 0.717) is 10.6 Å². The lowest BCUT2D eigenvalue weighted by atomic mass is 10.1. The summed E-state index contributed by atoms with van der Waals surface area (Å²) >= 11 is 1.20. The third-order valence-corrected chi connectivity index (χ3v) is 5.92. The first-order chi connectivity index (χ1) is 10.2. The molecule has 22 heavy (non-hydrogen) atoms. The average molecular weight is 349 g/mol. The van der Waals surface area contributed by atoms with Crippen molar-refractivity contribution < 1.29 is 26.6 Å². The van der Waals surface area contributed by atoms with E-state index in [9.17, 15) is 21.9 Å². The number of nitrogens with zero attached hydrogens (tertiary/aromatic N) is 1. The van der Waals surface area contributed by atoms with Gasteiger partial charge >= 0.3 is 16.2 Å². The first-order valence-electron chi connectivity index (χ1n) is 6.67. The Morgan fingerprint density at radius 2 is 2.09 bits per heavy atom. The summed E-state index contributed by atoms with van der Waals surface area (Å²) in [5.41, 5.74) is 0.924. The van der Waals surface area contributed by atoms with E-state index in [4.69, 9.17) is 4.74 Å². The SMILES string of the molecule is CCOC(=O)c1c(N2CC(S(=O)(=O)F)CC2=O)sc(C)c1C. The van der Waals surface area contributed by atoms with Crippen molar-refractivity contribution in [3.05, 3.63) is 16.0 Å². The Morgan fingerprint density at radius 1 is 1.45 bits per heavy atom. The molecule has 0 N–H and O–H groups in total. The topological polar surface area (TPSA) is 80.8 Å². The van der Waals surface area contributed by atoms with Crippen LogP contribution in [-0.2, 0) is 19.8 Å². The smallest absolute Gasteiger partial charge is 0.341 e. The molecule has 1 amide bonds. The van der Waals surface area contributed by atoms with Gasteiger partial charge in [-0.05, 0) is 26.3 Å². The lowest BCUT2D eigenvalue weighted by molar-refractivity contribution is -0.117. The number of rotatable bonds is 4. The third-order valence-electron chi connectivity index (χ3n) is 3.58. The molecule has 122 valence electrons. The lowest BCUT2D eigenvalue weighted by Crippen LogP contribution is -2.27. The van der Waals surface area contributed by atoms with Crippen LogP contribution in [-0.4, -0.2) is 38.7 Å². The van der Waals surface area contributed by atoms with Gasteiger partial charge in [0.2, 0.25) is 5.91 Å². The van der Waals surface area contributed by atoms with E-state index in [1.165, 1.54) is 16.2 Å². The number of anilines is 1. The summed E-state index contributed by atoms with van der Waals surface area (Å²) < 4.78 is 40.1. The molecule has 1 aliphatic heterocycles. The van der Waals surface area contributed by atoms with Crippen molar-refractivity contribution in [2.75, 3.05) is 18.1 Å². The van der Waals surface area contributed by atoms with Crippen LogP contribution in [0.3, 0.4) is 0 Å². The quantitative estimate of drug-likeness (QED) is 0.613. The number of hydrogen-bond acceptors (Lipinski definition) is 6. The molecule has 2 rings (SSSR count). The molecule has 0 spiro atoms. The fraction of sp³-hybridized carbons (Fsp3) is 0.538. The van der Waals surface area contributed by atoms with E-state index in [1.54, 1.807) is 20.8 Å². The molecule has 1 aromatic heterocycles. The minimum Gasteiger partial charge on any atom is -0.462 e. The second-order valence-corrected chi connectivity index (χ2v) is 7.81. The summed E-state index contributed by atoms with van der Waals surface area (Å²) in [5.74, 6) is -1.09. The summed E-state index contributed by atoms with van der Waals surface area (Å²) in [7, 11) is -4.80. The summed E-state index contributed by atoms with van der Waals surface area (Å²) in [4.78, 5) is 26.1. The van der Waals surface area contributed by atoms with E-state index in [1.807, 2.05) is 0 Å². The van der Waals surface area contributed by atoms with Crippen LogP contribution < -0.4 is 4.90 Å². The van der Waals surface area contributed by atoms with Crippen LogP contribution in [0.4, 0.5) is 8.89 Å². The number of esters is 1. The van der Waals surface area contributed by atoms with Crippen molar-refractivity contribution in [2.45, 2.75) is 32.4 Å². The first kappa shape index (κ1) is 16.9. The molecule has 1 aliphatic rings. The van der Waals surface area contributed by atoms with Gasteiger partial charge in [-0.15, -0.1) is 15.2 Å². The van der Waals surface area contributed by atoms with E-state index in [-0.39, 0.29) is 18.7 Å². The number of hydrogen-bond donors (Lipinski definition) is 0. The average Bonchev–Trinajstić information content (AvgIpc) is 2.91. The van der Waals surface area contributed by atoms with E-state index in [0.717, 1.165) is 4.88 Å². The van der Waals surface area contributed by atoms with Crippen molar-refractivity contribution in [1.29, 1.82) is 0 Å². The molecule has 0 radical (unpaired) electrons. The zero-order valence-corrected chi connectivity index (χ0v) is 14.0. The van der Waals surface area contributed by atoms with Crippen molar-refractivity contribution >= 4 is 38.4 Å². The Kier molecular flexibility index (Phi) is 4.57. The Morgan fingerprint density at radius 3 is 2.59 bits per heavy atom. The number of aryl methyl sites for hydroxylation is 1. The van der Waals surface area contributed by atoms with Crippen LogP contribution in [0, 0.1) is 13.8 Å². The Labute approximate surface area is 132 Å². The van der Waals surface area contributed by atoms with Crippen molar-refractivity contribution in [1.82, 2.24) is 0 Å². The Balaban J connectivity index is 2.43. The summed E-state index contributed by atoms with van der Waals surface area (Å²) in [6.07, 6.45) is -0.420. The second-order valence-electron chi connectivity index (χ2n) is 4.99. The van der Waals surface area contributed by atoms with Crippen LogP contribution in [0.5, 0.6) is 0 Å². The van der Waals surface area contributed by atoms with Gasteiger partial charge in [0.15, 0.2) is 0 Å². The molecule has 1 fully saturated rings. The first-order valence-corrected chi connectivity index (χ1v) is 8.94. The molecule has 0 aromatic carbocycles. The van der Waals surface area contributed by atoms with E-state index in [2.05, 4.69) is 0 Å². The minimum atomic E-state index is -4.80. The van der Waals surface area contributed by atoms with Gasteiger partial charge in [0.1, 0.15) is 10.3 Å². The molecule has 2 heterocycles. The largest absolute Gasteiger partial charge is 0.462 e. The standard InChI is InChI=1S/C13H16FNO5S2/c1-4-20-13(17)11-7(2)8(3)21-12(11)15-6-9(5-10(15)16)22(14,18)19/h9H,4-6H2,1-3H3. The fourth-order valence-electron chi connectivity index (χ4n) is 2.30. The molecule has 0 aliphatic carbocycles. The zero-order valence-electron chi connectivity index (χ0n) is 12.4. The maximum atomic E-state index is 13.1. The monoisotopic (exact) mass is 349 g/mol. The van der Waals surface area contributed by atoms with Gasteiger partial charge in [0.05, 0.1) is 12.2 Å². The van der Waals surface area contributed by atoms with Gasteiger partial charge in [0, 0.05) is 17.8 Å². The predicted octanol–water partition coefficient (Wildman–Crippen LogP) is 1.95. The van der Waals surface area contributed by atoms with Gasteiger partial charge in [-0.1, -0.05) is 0 Å². The van der Waals surface area contributed by atoms with Gasteiger partial charge < -0.3 is 9.64 Å². The summed E-state index contributed by atoms with van der Waals surface area (Å²) in [6.45, 7) is 5.08. The second kappa shape index (κ2) is 5.96. The highest BCUT2D eigenvalue weighted by atomic mass is 32.3. The molecule has 1 unspecified atom stereocenters. The maximum absolute atomic E-state index is 13.1. The fourth-order valence-corrected chi connectivity index (χ4v) is 4.14. The predicted molar refractivity (Wildman–Crippen MR) is 80.5 cm³/mol. The molecule has 0 saturated carbocycles. The van der Waals surface area contributed by atoms with Gasteiger partial charge in [-0.25, -0.2) is 4.79 Å². The molecule has 1 atom stereocenters. The van der Waals surface area contributed by atoms with Crippen LogP contribution in [0.2, 0.25) is 0 Å². The summed E-state index contributed by atoms with van der Waals surface area (Å²) in [5, 5.41) is -1.07. The third kappa shape index (κ3) is 3.00. The van der Waals surface area contributed by atoms with Crippen molar-refractivity contribution in [2.24, 2.45) is 0 Å². The van der Waals surface area contributed by atoms with Crippen LogP contribution in [0.15, 0.2) is 0 Å². The highest BCUT2D eigenvalue weighted by molar-refractivity contribution is 7.87. The lowest BCUT2D eigenvalue weighted by Gasteiger charge is -2.16. The number of halogens is 1. The van der Waals surface area contributed by atoms with Crippen molar-refractivity contribution in [3.63, 3.8) is 0 Å². The van der Waals surface area contributed by atoms with E-state index < -0.39 is 33.8 Å². The zero-order chi connectivity index (χ0) is 16.7. The number of amides is 1. The Hall–Kier alpha value is -1.48. The van der Waals surface area contributed by atoms with Gasteiger partial charge in [0.25, 0.3) is 0 Å². The van der Waals surface area contributed by atoms with Crippen LogP contribution >= 0.6 is 11.3 Å².